The van der Waals surface area contributed by atoms with Gasteiger partial charge in [0, 0.05) is 5.41 Å². The third-order valence-electron chi connectivity index (χ3n) is 3.86. The maximum Gasteiger partial charge on any atom is 0.310 e. The molecular weight excluding hydrogens is 208 g/mol. The molecular formula is C12H16O4. The lowest BCUT2D eigenvalue weighted by Gasteiger charge is -2.29. The van der Waals surface area contributed by atoms with Crippen molar-refractivity contribution in [3.8, 4) is 0 Å². The Balaban J connectivity index is 2.34. The molecule has 4 nitrogen and oxygen atoms in total. The summed E-state index contributed by atoms with van der Waals surface area (Å²) in [7, 11) is 2.71. The summed E-state index contributed by atoms with van der Waals surface area (Å²) in [4.78, 5) is 23.5. The second kappa shape index (κ2) is 3.61. The Bertz CT molecular complexity index is 360. The van der Waals surface area contributed by atoms with E-state index in [0.717, 1.165) is 6.42 Å². The van der Waals surface area contributed by atoms with Crippen molar-refractivity contribution in [1.82, 2.24) is 0 Å². The average molecular weight is 224 g/mol. The highest BCUT2D eigenvalue weighted by Gasteiger charge is 2.59. The van der Waals surface area contributed by atoms with Crippen molar-refractivity contribution < 1.29 is 19.1 Å². The number of hydrogen-bond donors (Lipinski definition) is 0. The normalized spacial score (nSPS) is 39.8. The van der Waals surface area contributed by atoms with Gasteiger partial charge in [0.15, 0.2) is 0 Å². The van der Waals surface area contributed by atoms with Gasteiger partial charge in [-0.3, -0.25) is 9.59 Å². The van der Waals surface area contributed by atoms with Crippen LogP contribution in [0.5, 0.6) is 0 Å². The number of esters is 2. The minimum absolute atomic E-state index is 0.113. The van der Waals surface area contributed by atoms with Crippen molar-refractivity contribution >= 4 is 11.9 Å². The lowest BCUT2D eigenvalue weighted by molar-refractivity contribution is -0.159. The molecule has 2 bridgehead atoms. The fraction of sp³-hybridized carbons (Fsp3) is 0.667. The van der Waals surface area contributed by atoms with Gasteiger partial charge < -0.3 is 9.47 Å². The van der Waals surface area contributed by atoms with E-state index in [-0.39, 0.29) is 29.2 Å². The molecule has 16 heavy (non-hydrogen) atoms. The topological polar surface area (TPSA) is 52.6 Å². The summed E-state index contributed by atoms with van der Waals surface area (Å²) in [5.74, 6) is -1.30. The maximum atomic E-state index is 11.8. The zero-order chi connectivity index (χ0) is 11.9. The van der Waals surface area contributed by atoms with Gasteiger partial charge in [0.05, 0.1) is 26.1 Å². The highest BCUT2D eigenvalue weighted by molar-refractivity contribution is 5.85. The smallest absolute Gasteiger partial charge is 0.310 e. The maximum absolute atomic E-state index is 11.8. The van der Waals surface area contributed by atoms with Crippen LogP contribution in [0.15, 0.2) is 12.2 Å². The molecule has 2 rings (SSSR count). The minimum atomic E-state index is -0.403. The molecule has 0 aromatic carbocycles. The zero-order valence-corrected chi connectivity index (χ0v) is 9.73. The average Bonchev–Trinajstić information content (AvgIpc) is 2.79. The van der Waals surface area contributed by atoms with Gasteiger partial charge >= 0.3 is 11.9 Å². The molecule has 0 N–H and O–H groups in total. The SMILES string of the molecule is COC(=O)[C@@H]1[C@@H]2C=C[C@@](C)(C2)[C@@H]1C(=O)OC. The van der Waals surface area contributed by atoms with Crippen LogP contribution in [-0.4, -0.2) is 26.2 Å². The second-order valence-corrected chi connectivity index (χ2v) is 4.78. The Morgan fingerprint density at radius 3 is 2.44 bits per heavy atom. The molecule has 0 aromatic rings. The van der Waals surface area contributed by atoms with Crippen LogP contribution in [0, 0.1) is 23.2 Å². The number of ether oxygens (including phenoxy) is 2. The molecule has 4 atom stereocenters. The first-order valence-corrected chi connectivity index (χ1v) is 5.38. The highest BCUT2D eigenvalue weighted by Crippen LogP contribution is 2.56. The summed E-state index contributed by atoms with van der Waals surface area (Å²) in [6, 6.07) is 0. The third-order valence-corrected chi connectivity index (χ3v) is 3.86. The molecule has 0 aliphatic heterocycles. The Hall–Kier alpha value is -1.32. The summed E-state index contributed by atoms with van der Waals surface area (Å²) in [5, 5.41) is 0. The second-order valence-electron chi connectivity index (χ2n) is 4.78. The van der Waals surface area contributed by atoms with E-state index in [1.54, 1.807) is 0 Å². The molecule has 0 aromatic heterocycles. The number of carbonyl (C=O) groups is 2. The van der Waals surface area contributed by atoms with Gasteiger partial charge in [0.1, 0.15) is 0 Å². The molecule has 0 spiro atoms. The van der Waals surface area contributed by atoms with E-state index in [0.29, 0.717) is 0 Å². The van der Waals surface area contributed by atoms with Crippen molar-refractivity contribution in [3.63, 3.8) is 0 Å². The van der Waals surface area contributed by atoms with Crippen molar-refractivity contribution in [2.45, 2.75) is 13.3 Å². The molecule has 2 aliphatic carbocycles. The Kier molecular flexibility index (Phi) is 2.52. The van der Waals surface area contributed by atoms with Crippen LogP contribution in [0.3, 0.4) is 0 Å². The van der Waals surface area contributed by atoms with Gasteiger partial charge in [-0.25, -0.2) is 0 Å². The fourth-order valence-corrected chi connectivity index (χ4v) is 3.11. The first-order chi connectivity index (χ1) is 7.53. The minimum Gasteiger partial charge on any atom is -0.469 e. The number of rotatable bonds is 2. The molecule has 0 radical (unpaired) electrons. The van der Waals surface area contributed by atoms with Crippen LogP contribution in [-0.2, 0) is 19.1 Å². The van der Waals surface area contributed by atoms with Crippen LogP contribution in [0.25, 0.3) is 0 Å². The van der Waals surface area contributed by atoms with Gasteiger partial charge in [0.25, 0.3) is 0 Å². The molecule has 0 saturated heterocycles. The van der Waals surface area contributed by atoms with Gasteiger partial charge in [-0.15, -0.1) is 0 Å². The predicted octanol–water partition coefficient (Wildman–Crippen LogP) is 1.16. The number of carbonyl (C=O) groups excluding carboxylic acids is 2. The molecule has 0 unspecified atom stereocenters. The monoisotopic (exact) mass is 224 g/mol. The van der Waals surface area contributed by atoms with Crippen LogP contribution in [0.1, 0.15) is 13.3 Å². The third kappa shape index (κ3) is 1.36. The summed E-state index contributed by atoms with van der Waals surface area (Å²) < 4.78 is 9.57. The van der Waals surface area contributed by atoms with E-state index in [1.807, 2.05) is 19.1 Å². The van der Waals surface area contributed by atoms with E-state index in [2.05, 4.69) is 0 Å². The molecule has 88 valence electrons. The first-order valence-electron chi connectivity index (χ1n) is 5.38. The summed E-state index contributed by atoms with van der Waals surface area (Å²) in [5.41, 5.74) is -0.253. The van der Waals surface area contributed by atoms with Crippen LogP contribution in [0.2, 0.25) is 0 Å². The number of methoxy groups -OCH3 is 2. The quantitative estimate of drug-likeness (QED) is 0.521. The Morgan fingerprint density at radius 2 is 1.88 bits per heavy atom. The van der Waals surface area contributed by atoms with Gasteiger partial charge in [-0.1, -0.05) is 19.1 Å². The Labute approximate surface area is 94.6 Å². The predicted molar refractivity (Wildman–Crippen MR) is 56.4 cm³/mol. The van der Waals surface area contributed by atoms with E-state index < -0.39 is 5.92 Å². The number of allylic oxidation sites excluding steroid dienone is 2. The molecule has 4 heteroatoms. The highest BCUT2D eigenvalue weighted by atomic mass is 16.5. The molecule has 1 fully saturated rings. The van der Waals surface area contributed by atoms with Crippen LogP contribution < -0.4 is 0 Å². The summed E-state index contributed by atoms with van der Waals surface area (Å²) in [6.45, 7) is 1.99. The summed E-state index contributed by atoms with van der Waals surface area (Å²) >= 11 is 0. The standard InChI is InChI=1S/C12H16O4/c1-12-5-4-7(6-12)8(10(13)15-2)9(12)11(14)16-3/h4-5,7-9H,6H2,1-3H3/t7-,8-,9+,12+/m1/s1. The fourth-order valence-electron chi connectivity index (χ4n) is 3.11. The van der Waals surface area contributed by atoms with Crippen molar-refractivity contribution in [1.29, 1.82) is 0 Å². The number of hydrogen-bond acceptors (Lipinski definition) is 4. The number of fused-ring (bicyclic) bond motifs is 2. The van der Waals surface area contributed by atoms with E-state index >= 15 is 0 Å². The molecule has 0 amide bonds. The molecule has 1 saturated carbocycles. The largest absolute Gasteiger partial charge is 0.469 e. The van der Waals surface area contributed by atoms with Crippen LogP contribution in [0.4, 0.5) is 0 Å². The van der Waals surface area contributed by atoms with E-state index in [1.165, 1.54) is 14.2 Å². The van der Waals surface area contributed by atoms with Crippen molar-refractivity contribution in [3.05, 3.63) is 12.2 Å². The van der Waals surface area contributed by atoms with E-state index in [9.17, 15) is 9.59 Å². The van der Waals surface area contributed by atoms with Crippen molar-refractivity contribution in [2.24, 2.45) is 23.2 Å². The van der Waals surface area contributed by atoms with E-state index in [4.69, 9.17) is 9.47 Å². The van der Waals surface area contributed by atoms with Crippen molar-refractivity contribution in [2.75, 3.05) is 14.2 Å². The van der Waals surface area contributed by atoms with Gasteiger partial charge in [-0.2, -0.15) is 0 Å². The first kappa shape index (κ1) is 11.2. The lowest BCUT2D eigenvalue weighted by atomic mass is 9.75. The van der Waals surface area contributed by atoms with Crippen LogP contribution >= 0.6 is 0 Å². The van der Waals surface area contributed by atoms with Gasteiger partial charge in [-0.05, 0) is 12.3 Å². The zero-order valence-electron chi connectivity index (χ0n) is 9.73. The Morgan fingerprint density at radius 1 is 1.25 bits per heavy atom. The summed E-state index contributed by atoms with van der Waals surface area (Å²) in [6.07, 6.45) is 4.87. The van der Waals surface area contributed by atoms with Gasteiger partial charge in [0.2, 0.25) is 0 Å². The molecule has 0 heterocycles. The lowest BCUT2D eigenvalue weighted by Crippen LogP contribution is -2.38. The molecule has 2 aliphatic rings.